The minimum absolute atomic E-state index is 0.281. The van der Waals surface area contributed by atoms with Crippen LogP contribution in [0.3, 0.4) is 0 Å². The van der Waals surface area contributed by atoms with Gasteiger partial charge in [0.2, 0.25) is 0 Å². The summed E-state index contributed by atoms with van der Waals surface area (Å²) in [5.74, 6) is 0. The van der Waals surface area contributed by atoms with Crippen molar-refractivity contribution in [3.63, 3.8) is 0 Å². The molecule has 0 unspecified atom stereocenters. The summed E-state index contributed by atoms with van der Waals surface area (Å²) in [5, 5.41) is 3.66. The lowest BCUT2D eigenvalue weighted by molar-refractivity contribution is 0.594. The van der Waals surface area contributed by atoms with Crippen molar-refractivity contribution in [3.05, 3.63) is 21.9 Å². The molecule has 0 spiro atoms. The van der Waals surface area contributed by atoms with Gasteiger partial charge in [-0.25, -0.2) is 0 Å². The fraction of sp³-hybridized carbons (Fsp3) is 0.455. The first-order valence-electron chi connectivity index (χ1n) is 4.47. The van der Waals surface area contributed by atoms with Crippen molar-refractivity contribution in [2.45, 2.75) is 33.1 Å². The first kappa shape index (κ1) is 9.22. The SMILES string of the molecule is Cc1sc2sccc2c1C(C)(C)C. The average molecular weight is 210 g/mol. The molecule has 0 aliphatic rings. The van der Waals surface area contributed by atoms with Crippen LogP contribution in [0.25, 0.3) is 9.40 Å². The lowest BCUT2D eigenvalue weighted by atomic mass is 9.86. The molecule has 2 aromatic rings. The first-order chi connectivity index (χ1) is 6.00. The minimum atomic E-state index is 0.281. The van der Waals surface area contributed by atoms with Crippen LogP contribution in [0.2, 0.25) is 0 Å². The number of rotatable bonds is 0. The van der Waals surface area contributed by atoms with Gasteiger partial charge in [-0.3, -0.25) is 0 Å². The molecule has 2 heteroatoms. The van der Waals surface area contributed by atoms with E-state index in [0.29, 0.717) is 0 Å². The number of hydrogen-bond donors (Lipinski definition) is 0. The van der Waals surface area contributed by atoms with E-state index in [9.17, 15) is 0 Å². The van der Waals surface area contributed by atoms with E-state index >= 15 is 0 Å². The van der Waals surface area contributed by atoms with E-state index in [1.54, 1.807) is 0 Å². The summed E-state index contributed by atoms with van der Waals surface area (Å²) in [7, 11) is 0. The molecule has 2 rings (SSSR count). The van der Waals surface area contributed by atoms with Gasteiger partial charge in [-0.2, -0.15) is 0 Å². The lowest BCUT2D eigenvalue weighted by Gasteiger charge is -2.18. The largest absolute Gasteiger partial charge is 0.133 e. The third-order valence-corrected chi connectivity index (χ3v) is 4.41. The van der Waals surface area contributed by atoms with Gasteiger partial charge in [-0.05, 0) is 29.3 Å². The number of hydrogen-bond acceptors (Lipinski definition) is 2. The van der Waals surface area contributed by atoms with Crippen molar-refractivity contribution in [2.24, 2.45) is 0 Å². The van der Waals surface area contributed by atoms with Crippen LogP contribution in [0, 0.1) is 6.92 Å². The summed E-state index contributed by atoms with van der Waals surface area (Å²) in [6.45, 7) is 9.11. The Bertz CT molecular complexity index is 426. The van der Waals surface area contributed by atoms with Crippen LogP contribution in [-0.4, -0.2) is 0 Å². The molecule has 0 aliphatic carbocycles. The highest BCUT2D eigenvalue weighted by atomic mass is 32.2. The Balaban J connectivity index is 2.78. The standard InChI is InChI=1S/C11H14S2/c1-7-9(11(2,3)4)8-5-6-12-10(8)13-7/h5-6H,1-4H3. The fourth-order valence-electron chi connectivity index (χ4n) is 1.87. The molecule has 0 amide bonds. The third kappa shape index (κ3) is 1.42. The summed E-state index contributed by atoms with van der Waals surface area (Å²) in [5.41, 5.74) is 1.82. The van der Waals surface area contributed by atoms with Gasteiger partial charge in [0.1, 0.15) is 0 Å². The highest BCUT2D eigenvalue weighted by molar-refractivity contribution is 7.37. The van der Waals surface area contributed by atoms with Crippen molar-refractivity contribution in [3.8, 4) is 0 Å². The van der Waals surface area contributed by atoms with Crippen LogP contribution < -0.4 is 0 Å². The fourth-order valence-corrected chi connectivity index (χ4v) is 4.31. The van der Waals surface area contributed by atoms with E-state index in [1.165, 1.54) is 19.8 Å². The first-order valence-corrected chi connectivity index (χ1v) is 6.17. The average Bonchev–Trinajstić information content (AvgIpc) is 2.41. The molecule has 0 radical (unpaired) electrons. The van der Waals surface area contributed by atoms with Gasteiger partial charge in [0, 0.05) is 10.3 Å². The lowest BCUT2D eigenvalue weighted by Crippen LogP contribution is -2.11. The van der Waals surface area contributed by atoms with Crippen LogP contribution in [0.15, 0.2) is 11.4 Å². The van der Waals surface area contributed by atoms with Crippen molar-refractivity contribution in [1.29, 1.82) is 0 Å². The number of thiophene rings is 2. The Kier molecular flexibility index (Phi) is 2.00. The molecule has 0 saturated heterocycles. The zero-order valence-corrected chi connectivity index (χ0v) is 10.1. The van der Waals surface area contributed by atoms with Gasteiger partial charge in [0.15, 0.2) is 0 Å². The van der Waals surface area contributed by atoms with Gasteiger partial charge in [0.25, 0.3) is 0 Å². The monoisotopic (exact) mass is 210 g/mol. The molecule has 0 nitrogen and oxygen atoms in total. The Hall–Kier alpha value is -0.340. The van der Waals surface area contributed by atoms with E-state index in [-0.39, 0.29) is 5.41 Å². The molecule has 0 bridgehead atoms. The van der Waals surface area contributed by atoms with E-state index in [1.807, 2.05) is 22.7 Å². The molecule has 2 heterocycles. The van der Waals surface area contributed by atoms with Crippen LogP contribution in [0.4, 0.5) is 0 Å². The highest BCUT2D eigenvalue weighted by Crippen LogP contribution is 2.40. The van der Waals surface area contributed by atoms with Crippen LogP contribution >= 0.6 is 22.7 Å². The summed E-state index contributed by atoms with van der Waals surface area (Å²) in [4.78, 5) is 1.48. The number of fused-ring (bicyclic) bond motifs is 1. The molecule has 70 valence electrons. The highest BCUT2D eigenvalue weighted by Gasteiger charge is 2.21. The Morgan fingerprint density at radius 1 is 1.23 bits per heavy atom. The maximum absolute atomic E-state index is 2.29. The molecular formula is C11H14S2. The van der Waals surface area contributed by atoms with E-state index in [0.717, 1.165) is 0 Å². The van der Waals surface area contributed by atoms with Gasteiger partial charge in [-0.1, -0.05) is 20.8 Å². The molecule has 0 fully saturated rings. The summed E-state index contributed by atoms with van der Waals surface area (Å²) < 4.78 is 1.47. The second kappa shape index (κ2) is 2.82. The predicted octanol–water partition coefficient (Wildman–Crippen LogP) is 4.57. The van der Waals surface area contributed by atoms with Crippen LogP contribution in [0.1, 0.15) is 31.2 Å². The predicted molar refractivity (Wildman–Crippen MR) is 63.1 cm³/mol. The molecule has 0 aliphatic heterocycles. The molecule has 2 aromatic heterocycles. The van der Waals surface area contributed by atoms with Crippen LogP contribution in [0.5, 0.6) is 0 Å². The van der Waals surface area contributed by atoms with Crippen molar-refractivity contribution in [2.75, 3.05) is 0 Å². The summed E-state index contributed by atoms with van der Waals surface area (Å²) in [6.07, 6.45) is 0. The Morgan fingerprint density at radius 2 is 1.92 bits per heavy atom. The van der Waals surface area contributed by atoms with E-state index in [4.69, 9.17) is 0 Å². The zero-order valence-electron chi connectivity index (χ0n) is 8.47. The summed E-state index contributed by atoms with van der Waals surface area (Å²) in [6, 6.07) is 2.25. The third-order valence-electron chi connectivity index (χ3n) is 2.25. The quantitative estimate of drug-likeness (QED) is 0.597. The Labute approximate surface area is 87.2 Å². The van der Waals surface area contributed by atoms with Crippen molar-refractivity contribution >= 4 is 32.1 Å². The molecular weight excluding hydrogens is 196 g/mol. The number of aryl methyl sites for hydroxylation is 1. The minimum Gasteiger partial charge on any atom is -0.133 e. The Morgan fingerprint density at radius 3 is 2.54 bits per heavy atom. The second-order valence-electron chi connectivity index (χ2n) is 4.40. The molecule has 0 saturated carbocycles. The second-order valence-corrected chi connectivity index (χ2v) is 6.80. The van der Waals surface area contributed by atoms with Gasteiger partial charge < -0.3 is 0 Å². The maximum Gasteiger partial charge on any atom is 0.0870 e. The van der Waals surface area contributed by atoms with Gasteiger partial charge >= 0.3 is 0 Å². The molecule has 13 heavy (non-hydrogen) atoms. The zero-order chi connectivity index (χ0) is 9.64. The van der Waals surface area contributed by atoms with Gasteiger partial charge in [0.05, 0.1) is 4.01 Å². The van der Waals surface area contributed by atoms with Gasteiger partial charge in [-0.15, -0.1) is 22.7 Å². The van der Waals surface area contributed by atoms with Crippen LogP contribution in [-0.2, 0) is 5.41 Å². The molecule has 0 N–H and O–H groups in total. The van der Waals surface area contributed by atoms with Crippen molar-refractivity contribution in [1.82, 2.24) is 0 Å². The smallest absolute Gasteiger partial charge is 0.0870 e. The molecule has 0 aromatic carbocycles. The normalized spacial score (nSPS) is 12.6. The van der Waals surface area contributed by atoms with E-state index in [2.05, 4.69) is 39.1 Å². The maximum atomic E-state index is 2.29. The topological polar surface area (TPSA) is 0 Å². The van der Waals surface area contributed by atoms with E-state index < -0.39 is 0 Å². The molecule has 0 atom stereocenters. The van der Waals surface area contributed by atoms with Crippen molar-refractivity contribution < 1.29 is 0 Å². The summed E-state index contributed by atoms with van der Waals surface area (Å²) >= 11 is 3.79.